The van der Waals surface area contributed by atoms with E-state index in [2.05, 4.69) is 5.32 Å². The number of furan rings is 1. The molecule has 0 fully saturated rings. The average Bonchev–Trinajstić information content (AvgIpc) is 3.07. The second kappa shape index (κ2) is 6.62. The summed E-state index contributed by atoms with van der Waals surface area (Å²) in [6, 6.07) is 9.60. The molecular formula is C18H10F5NO2. The number of benzene rings is 2. The van der Waals surface area contributed by atoms with Crippen LogP contribution in [0.25, 0.3) is 11.3 Å². The minimum atomic E-state index is -4.51. The zero-order valence-electron chi connectivity index (χ0n) is 12.9. The first kappa shape index (κ1) is 17.7. The molecule has 0 aliphatic heterocycles. The fraction of sp³-hybridized carbons (Fsp3) is 0.0556. The van der Waals surface area contributed by atoms with Gasteiger partial charge in [0.25, 0.3) is 5.91 Å². The van der Waals surface area contributed by atoms with E-state index in [-0.39, 0.29) is 22.8 Å². The third-order valence-electron chi connectivity index (χ3n) is 3.48. The van der Waals surface area contributed by atoms with Crippen molar-refractivity contribution in [3.8, 4) is 11.3 Å². The van der Waals surface area contributed by atoms with Gasteiger partial charge in [0, 0.05) is 11.6 Å². The van der Waals surface area contributed by atoms with Crippen molar-refractivity contribution in [2.45, 2.75) is 6.18 Å². The Morgan fingerprint density at radius 3 is 2.42 bits per heavy atom. The van der Waals surface area contributed by atoms with Crippen LogP contribution in [-0.4, -0.2) is 5.91 Å². The second-order valence-corrected chi connectivity index (χ2v) is 5.32. The first-order valence-corrected chi connectivity index (χ1v) is 7.28. The molecule has 0 radical (unpaired) electrons. The van der Waals surface area contributed by atoms with Gasteiger partial charge in [0.05, 0.1) is 11.3 Å². The molecule has 3 rings (SSSR count). The van der Waals surface area contributed by atoms with E-state index in [9.17, 15) is 26.7 Å². The highest BCUT2D eigenvalue weighted by Crippen LogP contribution is 2.32. The third kappa shape index (κ3) is 3.74. The summed E-state index contributed by atoms with van der Waals surface area (Å²) in [5.74, 6) is -2.79. The zero-order valence-corrected chi connectivity index (χ0v) is 12.9. The molecule has 0 bridgehead atoms. The third-order valence-corrected chi connectivity index (χ3v) is 3.48. The molecular weight excluding hydrogens is 357 g/mol. The molecule has 0 saturated heterocycles. The van der Waals surface area contributed by atoms with Crippen LogP contribution >= 0.6 is 0 Å². The molecule has 0 atom stereocenters. The summed E-state index contributed by atoms with van der Waals surface area (Å²) in [6.45, 7) is 0. The topological polar surface area (TPSA) is 42.2 Å². The fourth-order valence-electron chi connectivity index (χ4n) is 2.24. The van der Waals surface area contributed by atoms with Crippen molar-refractivity contribution in [2.75, 3.05) is 5.32 Å². The molecule has 0 aliphatic rings. The van der Waals surface area contributed by atoms with Gasteiger partial charge in [0.2, 0.25) is 0 Å². The number of hydrogen-bond acceptors (Lipinski definition) is 2. The van der Waals surface area contributed by atoms with E-state index in [1.807, 2.05) is 0 Å². The molecule has 0 spiro atoms. The maximum Gasteiger partial charge on any atom is 0.416 e. The summed E-state index contributed by atoms with van der Waals surface area (Å²) in [6.07, 6.45) is -4.51. The summed E-state index contributed by atoms with van der Waals surface area (Å²) in [5.41, 5.74) is -0.981. The molecule has 0 unspecified atom stereocenters. The highest BCUT2D eigenvalue weighted by molar-refractivity contribution is 6.02. The van der Waals surface area contributed by atoms with Crippen LogP contribution in [0.15, 0.2) is 59.0 Å². The molecule has 1 aromatic heterocycles. The van der Waals surface area contributed by atoms with Crippen LogP contribution in [-0.2, 0) is 6.18 Å². The molecule has 0 aliphatic carbocycles. The van der Waals surface area contributed by atoms with Crippen molar-refractivity contribution in [1.82, 2.24) is 0 Å². The monoisotopic (exact) mass is 367 g/mol. The molecule has 0 saturated carbocycles. The number of alkyl halides is 3. The Morgan fingerprint density at radius 1 is 0.962 bits per heavy atom. The Balaban J connectivity index is 1.82. The van der Waals surface area contributed by atoms with Gasteiger partial charge in [0.1, 0.15) is 17.4 Å². The van der Waals surface area contributed by atoms with Crippen LogP contribution in [0.3, 0.4) is 0 Å². The maximum atomic E-state index is 13.6. The summed E-state index contributed by atoms with van der Waals surface area (Å²) in [5, 5.41) is 2.20. The summed E-state index contributed by atoms with van der Waals surface area (Å²) < 4.78 is 70.0. The SMILES string of the molecule is O=C(Nc1ccc(F)cc1F)c1ccc(-c2cccc(C(F)(F)F)c2)o1. The Kier molecular flexibility index (Phi) is 4.50. The van der Waals surface area contributed by atoms with Gasteiger partial charge in [0.15, 0.2) is 5.76 Å². The predicted molar refractivity (Wildman–Crippen MR) is 83.5 cm³/mol. The molecule has 1 amide bonds. The smallest absolute Gasteiger partial charge is 0.416 e. The lowest BCUT2D eigenvalue weighted by molar-refractivity contribution is -0.137. The van der Waals surface area contributed by atoms with Gasteiger partial charge < -0.3 is 9.73 Å². The average molecular weight is 367 g/mol. The van der Waals surface area contributed by atoms with Crippen molar-refractivity contribution in [2.24, 2.45) is 0 Å². The van der Waals surface area contributed by atoms with E-state index in [1.54, 1.807) is 0 Å². The van der Waals surface area contributed by atoms with Crippen molar-refractivity contribution in [1.29, 1.82) is 0 Å². The first-order valence-electron chi connectivity index (χ1n) is 7.28. The number of carbonyl (C=O) groups is 1. The number of carbonyl (C=O) groups excluding carboxylic acids is 1. The van der Waals surface area contributed by atoms with E-state index < -0.39 is 29.3 Å². The van der Waals surface area contributed by atoms with Crippen molar-refractivity contribution >= 4 is 11.6 Å². The molecule has 1 N–H and O–H groups in total. The van der Waals surface area contributed by atoms with Gasteiger partial charge in [-0.25, -0.2) is 8.78 Å². The van der Waals surface area contributed by atoms with Crippen molar-refractivity contribution in [3.05, 3.63) is 77.6 Å². The number of halogens is 5. The summed E-state index contributed by atoms with van der Waals surface area (Å²) in [4.78, 5) is 12.1. The number of hydrogen-bond donors (Lipinski definition) is 1. The van der Waals surface area contributed by atoms with Crippen LogP contribution in [0.5, 0.6) is 0 Å². The van der Waals surface area contributed by atoms with E-state index >= 15 is 0 Å². The molecule has 2 aromatic carbocycles. The van der Waals surface area contributed by atoms with Crippen LogP contribution < -0.4 is 5.32 Å². The summed E-state index contributed by atoms with van der Waals surface area (Å²) >= 11 is 0. The Morgan fingerprint density at radius 2 is 1.73 bits per heavy atom. The molecule has 3 nitrogen and oxygen atoms in total. The molecule has 26 heavy (non-hydrogen) atoms. The summed E-state index contributed by atoms with van der Waals surface area (Å²) in [7, 11) is 0. The van der Waals surface area contributed by atoms with Crippen LogP contribution in [0, 0.1) is 11.6 Å². The first-order chi connectivity index (χ1) is 12.2. The van der Waals surface area contributed by atoms with Gasteiger partial charge in [-0.3, -0.25) is 4.79 Å². The zero-order chi connectivity index (χ0) is 18.9. The van der Waals surface area contributed by atoms with Gasteiger partial charge in [-0.1, -0.05) is 12.1 Å². The number of rotatable bonds is 3. The van der Waals surface area contributed by atoms with Crippen LogP contribution in [0.4, 0.5) is 27.6 Å². The Hall–Kier alpha value is -3.16. The lowest BCUT2D eigenvalue weighted by atomic mass is 10.1. The maximum absolute atomic E-state index is 13.6. The highest BCUT2D eigenvalue weighted by Gasteiger charge is 2.30. The van der Waals surface area contributed by atoms with Crippen LogP contribution in [0.2, 0.25) is 0 Å². The minimum absolute atomic E-state index is 0.0424. The van der Waals surface area contributed by atoms with Crippen LogP contribution in [0.1, 0.15) is 16.1 Å². The highest BCUT2D eigenvalue weighted by atomic mass is 19.4. The van der Waals surface area contributed by atoms with E-state index in [1.165, 1.54) is 24.3 Å². The standard InChI is InChI=1S/C18H10F5NO2/c19-12-4-5-14(13(20)9-12)24-17(25)16-7-6-15(26-16)10-2-1-3-11(8-10)18(21,22)23/h1-9H,(H,24,25). The van der Waals surface area contributed by atoms with E-state index in [4.69, 9.17) is 4.42 Å². The van der Waals surface area contributed by atoms with Gasteiger partial charge in [-0.15, -0.1) is 0 Å². The molecule has 134 valence electrons. The lowest BCUT2D eigenvalue weighted by Crippen LogP contribution is -2.12. The fourth-order valence-corrected chi connectivity index (χ4v) is 2.24. The number of nitrogens with one attached hydrogen (secondary N) is 1. The van der Waals surface area contributed by atoms with E-state index in [0.717, 1.165) is 24.3 Å². The number of anilines is 1. The van der Waals surface area contributed by atoms with Gasteiger partial charge in [-0.2, -0.15) is 13.2 Å². The van der Waals surface area contributed by atoms with Crippen molar-refractivity contribution in [3.63, 3.8) is 0 Å². The lowest BCUT2D eigenvalue weighted by Gasteiger charge is -2.07. The second-order valence-electron chi connectivity index (χ2n) is 5.32. The molecule has 8 heteroatoms. The van der Waals surface area contributed by atoms with Crippen molar-refractivity contribution < 1.29 is 31.2 Å². The van der Waals surface area contributed by atoms with Gasteiger partial charge >= 0.3 is 6.18 Å². The van der Waals surface area contributed by atoms with E-state index in [0.29, 0.717) is 6.07 Å². The van der Waals surface area contributed by atoms with Gasteiger partial charge in [-0.05, 0) is 36.4 Å². The largest absolute Gasteiger partial charge is 0.451 e. The Bertz CT molecular complexity index is 962. The predicted octanol–water partition coefficient (Wildman–Crippen LogP) is 5.50. The normalized spacial score (nSPS) is 11.4. The minimum Gasteiger partial charge on any atom is -0.451 e. The number of amides is 1. The molecule has 3 aromatic rings. The molecule has 1 heterocycles. The quantitative estimate of drug-likeness (QED) is 0.622. The Labute approximate surface area is 144 Å².